The molecule has 31 heavy (non-hydrogen) atoms. The summed E-state index contributed by atoms with van der Waals surface area (Å²) in [7, 11) is 1.66. The third-order valence-corrected chi connectivity index (χ3v) is 4.62. The number of nitrogens with one attached hydrogen (secondary N) is 2. The molecule has 1 atom stereocenters. The first-order chi connectivity index (χ1) is 14.7. The topological polar surface area (TPSA) is 91.9 Å². The first kappa shape index (κ1) is 24.7. The van der Waals surface area contributed by atoms with Gasteiger partial charge in [-0.2, -0.15) is 0 Å². The molecule has 1 aromatic carbocycles. The van der Waals surface area contributed by atoms with Crippen molar-refractivity contribution in [3.63, 3.8) is 0 Å². The van der Waals surface area contributed by atoms with Gasteiger partial charge in [0.2, 0.25) is 0 Å². The number of methoxy groups -OCH3 is 1. The van der Waals surface area contributed by atoms with E-state index in [0.717, 1.165) is 29.9 Å². The average molecular weight is 536 g/mol. The lowest BCUT2D eigenvalue weighted by Crippen LogP contribution is -2.39. The van der Waals surface area contributed by atoms with Crippen molar-refractivity contribution in [3.05, 3.63) is 84.1 Å². The fourth-order valence-corrected chi connectivity index (χ4v) is 2.92. The fourth-order valence-electron chi connectivity index (χ4n) is 2.92. The van der Waals surface area contributed by atoms with E-state index in [4.69, 9.17) is 9.15 Å². The number of pyridine rings is 1. The Morgan fingerprint density at radius 2 is 1.77 bits per heavy atom. The summed E-state index contributed by atoms with van der Waals surface area (Å²) in [5, 5.41) is 17.0. The van der Waals surface area contributed by atoms with Gasteiger partial charge in [-0.05, 0) is 53.9 Å². The zero-order valence-corrected chi connectivity index (χ0v) is 19.9. The van der Waals surface area contributed by atoms with Gasteiger partial charge in [0.15, 0.2) is 5.96 Å². The summed E-state index contributed by atoms with van der Waals surface area (Å²) in [6.07, 6.45) is 5.91. The highest BCUT2D eigenvalue weighted by atomic mass is 127. The number of aromatic nitrogens is 1. The summed E-state index contributed by atoms with van der Waals surface area (Å²) in [5.74, 6) is 2.42. The second-order valence-corrected chi connectivity index (χ2v) is 6.77. The Labute approximate surface area is 200 Å². The largest absolute Gasteiger partial charge is 0.497 e. The van der Waals surface area contributed by atoms with Crippen LogP contribution < -0.4 is 15.4 Å². The molecule has 2 aromatic heterocycles. The zero-order chi connectivity index (χ0) is 21.0. The van der Waals surface area contributed by atoms with Crippen molar-refractivity contribution in [1.82, 2.24) is 15.6 Å². The molecule has 0 bridgehead atoms. The molecule has 166 valence electrons. The zero-order valence-electron chi connectivity index (χ0n) is 17.5. The number of aliphatic hydroxyl groups is 1. The smallest absolute Gasteiger partial charge is 0.191 e. The van der Waals surface area contributed by atoms with Crippen molar-refractivity contribution in [2.45, 2.75) is 18.9 Å². The minimum Gasteiger partial charge on any atom is -0.497 e. The molecule has 3 rings (SSSR count). The Morgan fingerprint density at radius 3 is 2.42 bits per heavy atom. The van der Waals surface area contributed by atoms with Crippen LogP contribution in [0, 0.1) is 0 Å². The van der Waals surface area contributed by atoms with Crippen LogP contribution in [-0.2, 0) is 12.8 Å². The van der Waals surface area contributed by atoms with Crippen LogP contribution in [0.1, 0.15) is 23.0 Å². The maximum Gasteiger partial charge on any atom is 0.191 e. The molecule has 0 fully saturated rings. The second-order valence-electron chi connectivity index (χ2n) is 6.77. The standard InChI is InChI=1S/C23H28N4O3.HI/c1-29-20-6-4-18(5-7-20)8-14-25-23(26-15-11-21-3-2-16-30-21)27-17-22(28)19-9-12-24-13-10-19;/h2-7,9-10,12-13,16,22,28H,8,11,14-15,17H2,1H3,(H2,25,26,27);1H. The number of aliphatic imine (C=N–C) groups is 1. The number of halogens is 1. The number of aliphatic hydroxyl groups excluding tert-OH is 1. The van der Waals surface area contributed by atoms with Gasteiger partial charge < -0.3 is 24.9 Å². The molecule has 3 N–H and O–H groups in total. The lowest BCUT2D eigenvalue weighted by molar-refractivity contribution is 0.187. The predicted octanol–water partition coefficient (Wildman–Crippen LogP) is 3.36. The molecule has 2 heterocycles. The number of nitrogens with zero attached hydrogens (tertiary/aromatic N) is 2. The van der Waals surface area contributed by atoms with Crippen LogP contribution in [0.25, 0.3) is 0 Å². The number of hydrogen-bond donors (Lipinski definition) is 3. The minimum absolute atomic E-state index is 0. The van der Waals surface area contributed by atoms with Gasteiger partial charge in [-0.3, -0.25) is 9.98 Å². The number of ether oxygens (including phenoxy) is 1. The third-order valence-electron chi connectivity index (χ3n) is 4.62. The molecule has 8 heteroatoms. The Morgan fingerprint density at radius 1 is 1.06 bits per heavy atom. The summed E-state index contributed by atoms with van der Waals surface area (Å²) < 4.78 is 10.6. The summed E-state index contributed by atoms with van der Waals surface area (Å²) in [6.45, 7) is 1.64. The van der Waals surface area contributed by atoms with Crippen LogP contribution in [0.5, 0.6) is 5.75 Å². The normalized spacial score (nSPS) is 12.0. The van der Waals surface area contributed by atoms with E-state index >= 15 is 0 Å². The van der Waals surface area contributed by atoms with Gasteiger partial charge in [0.05, 0.1) is 26.0 Å². The fraction of sp³-hybridized carbons (Fsp3) is 0.304. The summed E-state index contributed by atoms with van der Waals surface area (Å²) in [5.41, 5.74) is 2.00. The van der Waals surface area contributed by atoms with Crippen LogP contribution >= 0.6 is 24.0 Å². The summed E-state index contributed by atoms with van der Waals surface area (Å²) in [4.78, 5) is 8.53. The summed E-state index contributed by atoms with van der Waals surface area (Å²) >= 11 is 0. The number of rotatable bonds is 10. The molecule has 0 aliphatic rings. The quantitative estimate of drug-likeness (QED) is 0.209. The number of benzene rings is 1. The van der Waals surface area contributed by atoms with Crippen molar-refractivity contribution < 1.29 is 14.3 Å². The molecule has 0 aliphatic carbocycles. The maximum absolute atomic E-state index is 10.4. The Bertz CT molecular complexity index is 887. The summed E-state index contributed by atoms with van der Waals surface area (Å²) in [6, 6.07) is 15.4. The van der Waals surface area contributed by atoms with Gasteiger partial charge in [0, 0.05) is 31.9 Å². The molecule has 0 aliphatic heterocycles. The lowest BCUT2D eigenvalue weighted by Gasteiger charge is -2.14. The van der Waals surface area contributed by atoms with Gasteiger partial charge in [-0.25, -0.2) is 0 Å². The molecule has 0 radical (unpaired) electrons. The van der Waals surface area contributed by atoms with Crippen LogP contribution in [0.4, 0.5) is 0 Å². The highest BCUT2D eigenvalue weighted by Crippen LogP contribution is 2.12. The molecule has 0 saturated carbocycles. The third kappa shape index (κ3) is 8.58. The van der Waals surface area contributed by atoms with E-state index in [2.05, 4.69) is 32.7 Å². The van der Waals surface area contributed by atoms with Crippen molar-refractivity contribution in [3.8, 4) is 5.75 Å². The number of hydrogen-bond acceptors (Lipinski definition) is 5. The Kier molecular flexibility index (Phi) is 10.9. The van der Waals surface area contributed by atoms with Crippen LogP contribution in [0.3, 0.4) is 0 Å². The molecule has 0 saturated heterocycles. The van der Waals surface area contributed by atoms with Crippen LogP contribution in [0.2, 0.25) is 0 Å². The predicted molar refractivity (Wildman–Crippen MR) is 132 cm³/mol. The average Bonchev–Trinajstić information content (AvgIpc) is 3.31. The van der Waals surface area contributed by atoms with Crippen molar-refractivity contribution in [1.29, 1.82) is 0 Å². The highest BCUT2D eigenvalue weighted by Gasteiger charge is 2.07. The molecule has 0 amide bonds. The number of furan rings is 1. The van der Waals surface area contributed by atoms with Crippen molar-refractivity contribution in [2.75, 3.05) is 26.7 Å². The van der Waals surface area contributed by atoms with Gasteiger partial charge in [0.25, 0.3) is 0 Å². The van der Waals surface area contributed by atoms with E-state index in [0.29, 0.717) is 19.0 Å². The van der Waals surface area contributed by atoms with Crippen LogP contribution in [0.15, 0.2) is 76.6 Å². The molecular formula is C23H29IN4O3. The van der Waals surface area contributed by atoms with E-state index in [9.17, 15) is 5.11 Å². The van der Waals surface area contributed by atoms with Crippen LogP contribution in [-0.4, -0.2) is 42.8 Å². The SMILES string of the molecule is COc1ccc(CCNC(=NCC(O)c2ccncc2)NCCc2ccco2)cc1.I. The first-order valence-corrected chi connectivity index (χ1v) is 10.00. The Balaban J connectivity index is 0.00000341. The second kappa shape index (κ2) is 13.7. The van der Waals surface area contributed by atoms with Gasteiger partial charge >= 0.3 is 0 Å². The maximum atomic E-state index is 10.4. The molecule has 3 aromatic rings. The van der Waals surface area contributed by atoms with Crippen molar-refractivity contribution in [2.24, 2.45) is 4.99 Å². The molecule has 7 nitrogen and oxygen atoms in total. The minimum atomic E-state index is -0.682. The Hall–Kier alpha value is -2.59. The van der Waals surface area contributed by atoms with Gasteiger partial charge in [0.1, 0.15) is 11.5 Å². The van der Waals surface area contributed by atoms with Gasteiger partial charge in [-0.1, -0.05) is 12.1 Å². The van der Waals surface area contributed by atoms with E-state index in [1.165, 1.54) is 5.56 Å². The van der Waals surface area contributed by atoms with E-state index < -0.39 is 6.10 Å². The van der Waals surface area contributed by atoms with Crippen molar-refractivity contribution >= 4 is 29.9 Å². The van der Waals surface area contributed by atoms with Gasteiger partial charge in [-0.15, -0.1) is 24.0 Å². The highest BCUT2D eigenvalue weighted by molar-refractivity contribution is 14.0. The molecule has 0 spiro atoms. The monoisotopic (exact) mass is 536 g/mol. The number of guanidine groups is 1. The van der Waals surface area contributed by atoms with E-state index in [1.807, 2.05) is 24.3 Å². The lowest BCUT2D eigenvalue weighted by atomic mass is 10.1. The van der Waals surface area contributed by atoms with E-state index in [1.54, 1.807) is 37.9 Å². The molecule has 1 unspecified atom stereocenters. The molecular weight excluding hydrogens is 507 g/mol. The van der Waals surface area contributed by atoms with E-state index in [-0.39, 0.29) is 30.5 Å². The first-order valence-electron chi connectivity index (χ1n) is 10.00.